The molecule has 0 aliphatic rings. The lowest BCUT2D eigenvalue weighted by Crippen LogP contribution is -1.98. The number of fused-ring (bicyclic) bond motifs is 7. The van der Waals surface area contributed by atoms with Gasteiger partial charge >= 0.3 is 0 Å². The number of aromatic nitrogens is 3. The Hall–Kier alpha value is -6.84. The van der Waals surface area contributed by atoms with E-state index in [0.717, 1.165) is 33.8 Å². The Morgan fingerprint density at radius 2 is 0.804 bits per heavy atom. The van der Waals surface area contributed by atoms with Crippen LogP contribution in [0.15, 0.2) is 188 Å². The second-order valence-electron chi connectivity index (χ2n) is 13.0. The van der Waals surface area contributed by atoms with E-state index >= 15 is 0 Å². The fourth-order valence-corrected chi connectivity index (χ4v) is 7.56. The van der Waals surface area contributed by atoms with Crippen molar-refractivity contribution in [3.63, 3.8) is 0 Å². The molecule has 0 saturated carbocycles. The van der Waals surface area contributed by atoms with E-state index in [-0.39, 0.29) is 0 Å². The minimum atomic E-state index is 0.692. The van der Waals surface area contributed by atoms with Gasteiger partial charge in [0.05, 0.1) is 22.4 Å². The molecule has 3 heteroatoms. The summed E-state index contributed by atoms with van der Waals surface area (Å²) in [5, 5.41) is 7.53. The summed E-state index contributed by atoms with van der Waals surface area (Å²) in [5.74, 6) is 0.692. The van der Waals surface area contributed by atoms with E-state index in [0.29, 0.717) is 5.82 Å². The molecular formula is C48H31N3. The first kappa shape index (κ1) is 29.1. The maximum Gasteiger partial charge on any atom is 0.160 e. The third-order valence-corrected chi connectivity index (χ3v) is 9.99. The van der Waals surface area contributed by atoms with Crippen molar-refractivity contribution in [1.29, 1.82) is 0 Å². The average Bonchev–Trinajstić information content (AvgIpc) is 3.57. The van der Waals surface area contributed by atoms with Crippen molar-refractivity contribution in [2.45, 2.75) is 0 Å². The summed E-state index contributed by atoms with van der Waals surface area (Å²) in [6, 6.07) is 66.7. The molecule has 2 aromatic heterocycles. The van der Waals surface area contributed by atoms with Crippen molar-refractivity contribution in [3.05, 3.63) is 188 Å². The van der Waals surface area contributed by atoms with Gasteiger partial charge in [0, 0.05) is 33.2 Å². The van der Waals surface area contributed by atoms with Crippen molar-refractivity contribution in [3.8, 4) is 50.7 Å². The standard InChI is InChI=1S/C48H31N3/c1-3-12-32(13-4-1)33-22-24-37(25-23-33)43-31-42(36-16-5-2-6-17-36)49-48(50-43)38-18-11-19-39(30-38)51-44-28-26-34-14-7-9-20-40(34)46(44)47-41-21-10-8-15-35(41)27-29-45(47)51/h1-31H. The molecule has 0 spiro atoms. The van der Waals surface area contributed by atoms with Gasteiger partial charge in [-0.25, -0.2) is 9.97 Å². The van der Waals surface area contributed by atoms with Crippen molar-refractivity contribution >= 4 is 43.4 Å². The minimum Gasteiger partial charge on any atom is -0.309 e. The quantitative estimate of drug-likeness (QED) is 0.186. The number of rotatable bonds is 5. The zero-order valence-corrected chi connectivity index (χ0v) is 27.7. The Kier molecular flexibility index (Phi) is 6.81. The Morgan fingerprint density at radius 1 is 0.333 bits per heavy atom. The maximum atomic E-state index is 5.21. The summed E-state index contributed by atoms with van der Waals surface area (Å²) < 4.78 is 2.40. The van der Waals surface area contributed by atoms with Crippen molar-refractivity contribution < 1.29 is 0 Å². The summed E-state index contributed by atoms with van der Waals surface area (Å²) in [5.41, 5.74) is 10.6. The van der Waals surface area contributed by atoms with Crippen molar-refractivity contribution in [1.82, 2.24) is 14.5 Å². The summed E-state index contributed by atoms with van der Waals surface area (Å²) in [7, 11) is 0. The van der Waals surface area contributed by atoms with Crippen LogP contribution in [0.4, 0.5) is 0 Å². The predicted octanol–water partition coefficient (Wildman–Crippen LogP) is 12.5. The lowest BCUT2D eigenvalue weighted by molar-refractivity contribution is 1.16. The Balaban J connectivity index is 1.17. The molecule has 0 atom stereocenters. The molecule has 3 nitrogen and oxygen atoms in total. The zero-order valence-electron chi connectivity index (χ0n) is 27.7. The predicted molar refractivity (Wildman–Crippen MR) is 213 cm³/mol. The van der Waals surface area contributed by atoms with Gasteiger partial charge in [0.2, 0.25) is 0 Å². The van der Waals surface area contributed by atoms with Gasteiger partial charge in [0.15, 0.2) is 5.82 Å². The monoisotopic (exact) mass is 649 g/mol. The van der Waals surface area contributed by atoms with Crippen molar-refractivity contribution in [2.75, 3.05) is 0 Å². The smallest absolute Gasteiger partial charge is 0.160 e. The van der Waals surface area contributed by atoms with Crippen LogP contribution >= 0.6 is 0 Å². The third-order valence-electron chi connectivity index (χ3n) is 9.99. The van der Waals surface area contributed by atoms with Gasteiger partial charge in [0.25, 0.3) is 0 Å². The van der Waals surface area contributed by atoms with Crippen LogP contribution in [0.5, 0.6) is 0 Å². The average molecular weight is 650 g/mol. The fraction of sp³-hybridized carbons (Fsp3) is 0. The minimum absolute atomic E-state index is 0.692. The molecule has 0 aliphatic carbocycles. The molecule has 0 aliphatic heterocycles. The molecule has 0 radical (unpaired) electrons. The molecule has 10 rings (SSSR count). The highest BCUT2D eigenvalue weighted by Gasteiger charge is 2.18. The molecule has 238 valence electrons. The Bertz CT molecular complexity index is 2800. The van der Waals surface area contributed by atoms with Crippen LogP contribution in [0, 0.1) is 0 Å². The van der Waals surface area contributed by atoms with Crippen LogP contribution in [-0.4, -0.2) is 14.5 Å². The van der Waals surface area contributed by atoms with Crippen LogP contribution in [0.2, 0.25) is 0 Å². The van der Waals surface area contributed by atoms with Gasteiger partial charge < -0.3 is 4.57 Å². The first-order valence-corrected chi connectivity index (χ1v) is 17.3. The highest BCUT2D eigenvalue weighted by Crippen LogP contribution is 2.41. The molecular weight excluding hydrogens is 619 g/mol. The first-order valence-electron chi connectivity index (χ1n) is 17.3. The van der Waals surface area contributed by atoms with E-state index in [2.05, 4.69) is 180 Å². The molecule has 0 amide bonds. The van der Waals surface area contributed by atoms with Crippen LogP contribution in [0.3, 0.4) is 0 Å². The summed E-state index contributed by atoms with van der Waals surface area (Å²) in [6.07, 6.45) is 0. The normalized spacial score (nSPS) is 11.5. The maximum absolute atomic E-state index is 5.21. The van der Waals surface area contributed by atoms with Crippen LogP contribution in [0.25, 0.3) is 94.1 Å². The molecule has 0 bridgehead atoms. The lowest BCUT2D eigenvalue weighted by atomic mass is 10.00. The molecule has 0 N–H and O–H groups in total. The topological polar surface area (TPSA) is 30.7 Å². The van der Waals surface area contributed by atoms with Gasteiger partial charge in [0.1, 0.15) is 0 Å². The van der Waals surface area contributed by atoms with Crippen molar-refractivity contribution in [2.24, 2.45) is 0 Å². The highest BCUT2D eigenvalue weighted by molar-refractivity contribution is 6.28. The number of hydrogen-bond donors (Lipinski definition) is 0. The zero-order chi connectivity index (χ0) is 33.7. The molecule has 51 heavy (non-hydrogen) atoms. The highest BCUT2D eigenvalue weighted by atomic mass is 15.0. The fourth-order valence-electron chi connectivity index (χ4n) is 7.56. The van der Waals surface area contributed by atoms with E-state index in [9.17, 15) is 0 Å². The molecule has 2 heterocycles. The van der Waals surface area contributed by atoms with E-state index in [1.807, 2.05) is 12.1 Å². The van der Waals surface area contributed by atoms with Gasteiger partial charge in [-0.1, -0.05) is 158 Å². The SMILES string of the molecule is c1ccc(-c2ccc(-c3cc(-c4ccccc4)nc(-c4cccc(-n5c6ccc7ccccc7c6c6c7ccccc7ccc65)c4)n3)cc2)cc1. The summed E-state index contributed by atoms with van der Waals surface area (Å²) in [4.78, 5) is 10.4. The van der Waals surface area contributed by atoms with E-state index in [1.165, 1.54) is 54.5 Å². The third kappa shape index (κ3) is 4.98. The summed E-state index contributed by atoms with van der Waals surface area (Å²) >= 11 is 0. The summed E-state index contributed by atoms with van der Waals surface area (Å²) in [6.45, 7) is 0. The molecule has 0 unspecified atom stereocenters. The van der Waals surface area contributed by atoms with Crippen LogP contribution < -0.4 is 0 Å². The molecule has 0 fully saturated rings. The lowest BCUT2D eigenvalue weighted by Gasteiger charge is -2.12. The van der Waals surface area contributed by atoms with Crippen LogP contribution in [0.1, 0.15) is 0 Å². The van der Waals surface area contributed by atoms with Gasteiger partial charge in [-0.05, 0) is 63.0 Å². The van der Waals surface area contributed by atoms with E-state index in [1.54, 1.807) is 0 Å². The van der Waals surface area contributed by atoms with Gasteiger partial charge in [-0.3, -0.25) is 0 Å². The number of benzene rings is 8. The number of hydrogen-bond acceptors (Lipinski definition) is 2. The second-order valence-corrected chi connectivity index (χ2v) is 13.0. The van der Waals surface area contributed by atoms with Gasteiger partial charge in [-0.2, -0.15) is 0 Å². The largest absolute Gasteiger partial charge is 0.309 e. The molecule has 10 aromatic rings. The second kappa shape index (κ2) is 11.9. The van der Waals surface area contributed by atoms with E-state index < -0.39 is 0 Å². The van der Waals surface area contributed by atoms with E-state index in [4.69, 9.17) is 9.97 Å². The molecule has 8 aromatic carbocycles. The number of nitrogens with zero attached hydrogens (tertiary/aromatic N) is 3. The Morgan fingerprint density at radius 3 is 1.41 bits per heavy atom. The van der Waals surface area contributed by atoms with Gasteiger partial charge in [-0.15, -0.1) is 0 Å². The molecule has 0 saturated heterocycles. The Labute approximate surface area is 295 Å². The first-order chi connectivity index (χ1) is 25.3. The van der Waals surface area contributed by atoms with Crippen LogP contribution in [-0.2, 0) is 0 Å².